The number of aromatic nitrogens is 2. The maximum atomic E-state index is 12.3. The van der Waals surface area contributed by atoms with Gasteiger partial charge in [-0.15, -0.1) is 0 Å². The first-order chi connectivity index (χ1) is 8.39. The molecule has 0 radical (unpaired) electrons. The highest BCUT2D eigenvalue weighted by atomic mass is 19.4. The molecule has 2 N–H and O–H groups in total. The number of nitrogens with zero attached hydrogens (tertiary/aromatic N) is 2. The first-order valence-electron chi connectivity index (χ1n) is 4.68. The number of rotatable bonds is 2. The van der Waals surface area contributed by atoms with Crippen molar-refractivity contribution in [3.05, 3.63) is 35.7 Å². The summed E-state index contributed by atoms with van der Waals surface area (Å²) >= 11 is 0. The van der Waals surface area contributed by atoms with Crippen molar-refractivity contribution in [1.29, 1.82) is 0 Å². The van der Waals surface area contributed by atoms with E-state index in [1.54, 1.807) is 0 Å². The normalized spacial score (nSPS) is 11.5. The predicted octanol–water partition coefficient (Wildman–Crippen LogP) is 1.85. The van der Waals surface area contributed by atoms with Crippen molar-refractivity contribution >= 4 is 5.91 Å². The van der Waals surface area contributed by atoms with Gasteiger partial charge >= 0.3 is 6.18 Å². The van der Waals surface area contributed by atoms with Crippen LogP contribution < -0.4 is 5.73 Å². The summed E-state index contributed by atoms with van der Waals surface area (Å²) in [5.74, 6) is -1.08. The summed E-state index contributed by atoms with van der Waals surface area (Å²) in [5, 5.41) is 2.87. The molecule has 0 saturated carbocycles. The molecule has 18 heavy (non-hydrogen) atoms. The van der Waals surface area contributed by atoms with Crippen LogP contribution in [0.15, 0.2) is 28.9 Å². The van der Waals surface area contributed by atoms with Gasteiger partial charge in [0.1, 0.15) is 5.69 Å². The summed E-state index contributed by atoms with van der Waals surface area (Å²) in [6, 6.07) is 3.43. The van der Waals surface area contributed by atoms with E-state index in [0.717, 1.165) is 0 Å². The van der Waals surface area contributed by atoms with Crippen molar-refractivity contribution in [3.63, 3.8) is 0 Å². The fourth-order valence-electron chi connectivity index (χ4n) is 1.32. The van der Waals surface area contributed by atoms with Gasteiger partial charge in [0.25, 0.3) is 5.91 Å². The van der Waals surface area contributed by atoms with Gasteiger partial charge in [-0.05, 0) is 12.1 Å². The van der Waals surface area contributed by atoms with Gasteiger partial charge in [-0.1, -0.05) is 5.16 Å². The van der Waals surface area contributed by atoms with E-state index in [0.29, 0.717) is 6.07 Å². The van der Waals surface area contributed by atoms with E-state index in [9.17, 15) is 18.0 Å². The van der Waals surface area contributed by atoms with Gasteiger partial charge in [0.2, 0.25) is 0 Å². The summed E-state index contributed by atoms with van der Waals surface area (Å²) < 4.78 is 41.6. The van der Waals surface area contributed by atoms with Crippen LogP contribution >= 0.6 is 0 Å². The summed E-state index contributed by atoms with van der Waals surface area (Å²) in [6.45, 7) is 0. The molecule has 2 aromatic heterocycles. The lowest BCUT2D eigenvalue weighted by Gasteiger charge is -2.00. The fraction of sp³-hybridized carbons (Fsp3) is 0.100. The number of hydrogen-bond donors (Lipinski definition) is 1. The molecule has 0 fully saturated rings. The summed E-state index contributed by atoms with van der Waals surface area (Å²) in [4.78, 5) is 14.9. The number of nitrogens with two attached hydrogens (primary N) is 1. The molecule has 8 heteroatoms. The minimum Gasteiger partial charge on any atom is -0.366 e. The van der Waals surface area contributed by atoms with Crippen LogP contribution in [0.1, 0.15) is 16.1 Å². The standard InChI is InChI=1S/C10H6F3N3O2/c11-10(12,13)7-4-6(18-16-7)8-5(9(14)17)2-1-3-15-8/h1-4H,(H2,14,17). The number of carbonyl (C=O) groups is 1. The molecule has 0 saturated heterocycles. The number of amides is 1. The Hall–Kier alpha value is -2.38. The van der Waals surface area contributed by atoms with Crippen LogP contribution in [-0.2, 0) is 6.18 Å². The van der Waals surface area contributed by atoms with Gasteiger partial charge in [0.15, 0.2) is 11.5 Å². The zero-order valence-corrected chi connectivity index (χ0v) is 8.73. The number of primary amides is 1. The lowest BCUT2D eigenvalue weighted by Crippen LogP contribution is -2.12. The number of pyridine rings is 1. The quantitative estimate of drug-likeness (QED) is 0.890. The molecule has 0 spiro atoms. The Balaban J connectivity index is 2.50. The Morgan fingerprint density at radius 2 is 2.11 bits per heavy atom. The fourth-order valence-corrected chi connectivity index (χ4v) is 1.32. The van der Waals surface area contributed by atoms with Crippen molar-refractivity contribution in [3.8, 4) is 11.5 Å². The molecular weight excluding hydrogens is 251 g/mol. The Kier molecular flexibility index (Phi) is 2.77. The molecule has 2 heterocycles. The van der Waals surface area contributed by atoms with Crippen molar-refractivity contribution in [2.24, 2.45) is 5.73 Å². The SMILES string of the molecule is NC(=O)c1cccnc1-c1cc(C(F)(F)F)no1. The second kappa shape index (κ2) is 4.13. The van der Waals surface area contributed by atoms with Gasteiger partial charge in [-0.2, -0.15) is 13.2 Å². The monoisotopic (exact) mass is 257 g/mol. The average Bonchev–Trinajstić information content (AvgIpc) is 2.77. The zero-order valence-electron chi connectivity index (χ0n) is 8.73. The highest BCUT2D eigenvalue weighted by molar-refractivity contribution is 5.98. The Morgan fingerprint density at radius 1 is 1.39 bits per heavy atom. The van der Waals surface area contributed by atoms with E-state index in [-0.39, 0.29) is 17.0 Å². The predicted molar refractivity (Wildman–Crippen MR) is 53.3 cm³/mol. The van der Waals surface area contributed by atoms with Crippen LogP contribution in [0.3, 0.4) is 0 Å². The van der Waals surface area contributed by atoms with E-state index in [1.807, 2.05) is 0 Å². The third-order valence-corrected chi connectivity index (χ3v) is 2.11. The number of hydrogen-bond acceptors (Lipinski definition) is 4. The van der Waals surface area contributed by atoms with E-state index < -0.39 is 17.8 Å². The van der Waals surface area contributed by atoms with Crippen molar-refractivity contribution < 1.29 is 22.5 Å². The topological polar surface area (TPSA) is 82.0 Å². The molecular formula is C10H6F3N3O2. The maximum Gasteiger partial charge on any atom is 0.436 e. The van der Waals surface area contributed by atoms with Crippen molar-refractivity contribution in [2.75, 3.05) is 0 Å². The van der Waals surface area contributed by atoms with Gasteiger partial charge in [-0.3, -0.25) is 9.78 Å². The van der Waals surface area contributed by atoms with E-state index in [2.05, 4.69) is 14.7 Å². The summed E-state index contributed by atoms with van der Waals surface area (Å²) in [7, 11) is 0. The van der Waals surface area contributed by atoms with Crippen LogP contribution in [0.5, 0.6) is 0 Å². The first kappa shape index (κ1) is 12.1. The smallest absolute Gasteiger partial charge is 0.366 e. The summed E-state index contributed by atoms with van der Waals surface area (Å²) in [5.41, 5.74) is 3.77. The number of halogens is 3. The van der Waals surface area contributed by atoms with Crippen LogP contribution in [0, 0.1) is 0 Å². The molecule has 2 aromatic rings. The van der Waals surface area contributed by atoms with Crippen LogP contribution in [-0.4, -0.2) is 16.0 Å². The molecule has 0 atom stereocenters. The molecule has 0 bridgehead atoms. The van der Waals surface area contributed by atoms with Crippen LogP contribution in [0.4, 0.5) is 13.2 Å². The lowest BCUT2D eigenvalue weighted by molar-refractivity contribution is -0.142. The molecule has 0 unspecified atom stereocenters. The molecule has 0 aliphatic rings. The molecule has 1 amide bonds. The van der Waals surface area contributed by atoms with E-state index in [4.69, 9.17) is 5.73 Å². The van der Waals surface area contributed by atoms with Gasteiger partial charge in [0, 0.05) is 12.3 Å². The minimum atomic E-state index is -4.62. The minimum absolute atomic E-state index is 0.0395. The van der Waals surface area contributed by atoms with E-state index in [1.165, 1.54) is 18.3 Å². The molecule has 94 valence electrons. The first-order valence-corrected chi connectivity index (χ1v) is 4.68. The zero-order chi connectivity index (χ0) is 13.3. The Bertz CT molecular complexity index is 592. The second-order valence-corrected chi connectivity index (χ2v) is 3.34. The Labute approximate surface area is 98.4 Å². The largest absolute Gasteiger partial charge is 0.436 e. The number of alkyl halides is 3. The van der Waals surface area contributed by atoms with Crippen molar-refractivity contribution in [1.82, 2.24) is 10.1 Å². The van der Waals surface area contributed by atoms with Gasteiger partial charge in [-0.25, -0.2) is 0 Å². The highest BCUT2D eigenvalue weighted by Crippen LogP contribution is 2.31. The van der Waals surface area contributed by atoms with Crippen molar-refractivity contribution in [2.45, 2.75) is 6.18 Å². The van der Waals surface area contributed by atoms with Crippen LogP contribution in [0.2, 0.25) is 0 Å². The number of carbonyl (C=O) groups excluding carboxylic acids is 1. The molecule has 0 aliphatic carbocycles. The highest BCUT2D eigenvalue weighted by Gasteiger charge is 2.35. The van der Waals surface area contributed by atoms with Crippen LogP contribution in [0.25, 0.3) is 11.5 Å². The molecule has 2 rings (SSSR count). The third-order valence-electron chi connectivity index (χ3n) is 2.11. The molecule has 0 aromatic carbocycles. The Morgan fingerprint density at radius 3 is 2.67 bits per heavy atom. The lowest BCUT2D eigenvalue weighted by atomic mass is 10.1. The van der Waals surface area contributed by atoms with Gasteiger partial charge < -0.3 is 10.3 Å². The second-order valence-electron chi connectivity index (χ2n) is 3.34. The third kappa shape index (κ3) is 2.17. The summed E-state index contributed by atoms with van der Waals surface area (Å²) in [6.07, 6.45) is -3.32. The molecule has 0 aliphatic heterocycles. The molecule has 5 nitrogen and oxygen atoms in total. The average molecular weight is 257 g/mol. The van der Waals surface area contributed by atoms with Gasteiger partial charge in [0.05, 0.1) is 5.56 Å². The van der Waals surface area contributed by atoms with E-state index >= 15 is 0 Å². The maximum absolute atomic E-state index is 12.3.